The van der Waals surface area contributed by atoms with Crippen LogP contribution in [-0.2, 0) is 20.8 Å². The predicted molar refractivity (Wildman–Crippen MR) is 129 cm³/mol. The summed E-state index contributed by atoms with van der Waals surface area (Å²) in [5, 5.41) is 7.33. The number of nitrogens with two attached hydrogens (primary N) is 2. The van der Waals surface area contributed by atoms with E-state index in [9.17, 15) is 23.6 Å². The minimum absolute atomic E-state index is 0.0728. The van der Waals surface area contributed by atoms with Gasteiger partial charge in [-0.05, 0) is 49.6 Å². The van der Waals surface area contributed by atoms with Crippen molar-refractivity contribution in [3.63, 3.8) is 0 Å². The van der Waals surface area contributed by atoms with Crippen LogP contribution in [0.4, 0.5) is 4.39 Å². The van der Waals surface area contributed by atoms with Gasteiger partial charge in [-0.2, -0.15) is 0 Å². The molecular weight excluding hydrogens is 467 g/mol. The van der Waals surface area contributed by atoms with E-state index >= 15 is 0 Å². The Hall–Kier alpha value is -3.86. The zero-order valence-corrected chi connectivity index (χ0v) is 20.3. The molecule has 4 amide bonds. The molecule has 1 saturated heterocycles. The lowest BCUT2D eigenvalue weighted by Crippen LogP contribution is -2.88. The van der Waals surface area contributed by atoms with Crippen LogP contribution in [0.1, 0.15) is 35.7 Å². The Balaban J connectivity index is 1.76. The summed E-state index contributed by atoms with van der Waals surface area (Å²) >= 11 is 0. The maximum atomic E-state index is 13.4. The van der Waals surface area contributed by atoms with Gasteiger partial charge in [-0.15, -0.1) is 0 Å². The Bertz CT molecular complexity index is 1080. The van der Waals surface area contributed by atoms with Crippen LogP contribution in [-0.4, -0.2) is 71.3 Å². The second-order valence-corrected chi connectivity index (χ2v) is 8.89. The Labute approximate surface area is 208 Å². The van der Waals surface area contributed by atoms with Gasteiger partial charge in [0.1, 0.15) is 17.9 Å². The molecule has 11 heteroatoms. The number of pyridine rings is 1. The highest BCUT2D eigenvalue weighted by Gasteiger charge is 2.39. The SMILES string of the molecule is C[NH2+][C@@H](C)C(=O)N1CC[C@H](NC(=O)c2ccncc2)C[C@H]1C(=O)N[C@@H](Cc1ccc(F)cc1)C(N)=O. The molecule has 1 aromatic carbocycles. The smallest absolute Gasteiger partial charge is 0.281 e. The molecule has 4 atom stereocenters. The maximum Gasteiger partial charge on any atom is 0.281 e. The van der Waals surface area contributed by atoms with E-state index in [-0.39, 0.29) is 37.2 Å². The summed E-state index contributed by atoms with van der Waals surface area (Å²) in [6.07, 6.45) is 3.74. The fourth-order valence-corrected chi connectivity index (χ4v) is 4.13. The van der Waals surface area contributed by atoms with E-state index in [0.717, 1.165) is 0 Å². The quantitative estimate of drug-likeness (QED) is 0.353. The number of aromatic nitrogens is 1. The summed E-state index contributed by atoms with van der Waals surface area (Å²) in [5.41, 5.74) is 6.59. The molecule has 36 heavy (non-hydrogen) atoms. The van der Waals surface area contributed by atoms with Crippen LogP contribution >= 0.6 is 0 Å². The summed E-state index contributed by atoms with van der Waals surface area (Å²) < 4.78 is 13.2. The average molecular weight is 500 g/mol. The number of nitrogens with one attached hydrogen (secondary N) is 2. The van der Waals surface area contributed by atoms with Crippen molar-refractivity contribution in [1.29, 1.82) is 0 Å². The molecule has 2 aromatic rings. The Morgan fingerprint density at radius 2 is 1.83 bits per heavy atom. The van der Waals surface area contributed by atoms with Crippen molar-refractivity contribution in [2.24, 2.45) is 5.73 Å². The van der Waals surface area contributed by atoms with E-state index < -0.39 is 35.8 Å². The molecule has 0 aliphatic carbocycles. The first-order valence-electron chi connectivity index (χ1n) is 11.8. The van der Waals surface area contributed by atoms with Crippen LogP contribution < -0.4 is 21.7 Å². The van der Waals surface area contributed by atoms with Crippen LogP contribution in [0.2, 0.25) is 0 Å². The Morgan fingerprint density at radius 3 is 2.44 bits per heavy atom. The van der Waals surface area contributed by atoms with Crippen molar-refractivity contribution in [3.8, 4) is 0 Å². The molecule has 1 aromatic heterocycles. The third-order valence-electron chi connectivity index (χ3n) is 6.37. The number of hydrogen-bond donors (Lipinski definition) is 4. The first-order chi connectivity index (χ1) is 17.2. The van der Waals surface area contributed by atoms with Crippen molar-refractivity contribution < 1.29 is 28.9 Å². The van der Waals surface area contributed by atoms with E-state index in [0.29, 0.717) is 17.5 Å². The van der Waals surface area contributed by atoms with Crippen molar-refractivity contribution >= 4 is 23.6 Å². The number of nitrogens with zero attached hydrogens (tertiary/aromatic N) is 2. The summed E-state index contributed by atoms with van der Waals surface area (Å²) in [6.45, 7) is 2.00. The van der Waals surface area contributed by atoms with Crippen molar-refractivity contribution in [1.82, 2.24) is 20.5 Å². The first-order valence-corrected chi connectivity index (χ1v) is 11.8. The molecule has 3 rings (SSSR count). The highest BCUT2D eigenvalue weighted by Crippen LogP contribution is 2.20. The van der Waals surface area contributed by atoms with E-state index in [2.05, 4.69) is 15.6 Å². The average Bonchev–Trinajstić information content (AvgIpc) is 2.88. The summed E-state index contributed by atoms with van der Waals surface area (Å²) in [7, 11) is 1.77. The Morgan fingerprint density at radius 1 is 1.17 bits per heavy atom. The highest BCUT2D eigenvalue weighted by atomic mass is 19.1. The maximum absolute atomic E-state index is 13.4. The van der Waals surface area contributed by atoms with Crippen LogP contribution in [0, 0.1) is 5.82 Å². The fraction of sp³-hybridized carbons (Fsp3) is 0.400. The number of carbonyl (C=O) groups is 4. The number of piperidine rings is 1. The van der Waals surface area contributed by atoms with E-state index in [1.165, 1.54) is 41.6 Å². The standard InChI is InChI=1S/C25H31FN6O4/c1-15(28-2)25(36)32-12-9-19(30-23(34)17-7-10-29-11-8-17)14-21(32)24(35)31-20(22(27)33)13-16-3-5-18(26)6-4-16/h3-8,10-11,15,19-21,28H,9,12-14H2,1-2H3,(H2,27,33)(H,30,34)(H,31,35)/p+1/t15-,19-,20-,21-/m0/s1. The molecule has 0 bridgehead atoms. The number of likely N-dealkylation sites (N-methyl/N-ethyl adjacent to an activating group) is 1. The minimum atomic E-state index is -1.05. The molecule has 1 aliphatic heterocycles. The van der Waals surface area contributed by atoms with E-state index in [1.807, 2.05) is 0 Å². The molecule has 6 N–H and O–H groups in total. The number of quaternary nitrogens is 1. The molecule has 1 fully saturated rings. The van der Waals surface area contributed by atoms with Gasteiger partial charge in [0.15, 0.2) is 6.04 Å². The van der Waals surface area contributed by atoms with E-state index in [4.69, 9.17) is 5.73 Å². The monoisotopic (exact) mass is 499 g/mol. The van der Waals surface area contributed by atoms with Crippen LogP contribution in [0.5, 0.6) is 0 Å². The van der Waals surface area contributed by atoms with Gasteiger partial charge >= 0.3 is 0 Å². The second kappa shape index (κ2) is 12.2. The largest absolute Gasteiger partial charge is 0.368 e. The lowest BCUT2D eigenvalue weighted by Gasteiger charge is -2.39. The number of amides is 4. The molecule has 0 saturated carbocycles. The summed E-state index contributed by atoms with van der Waals surface area (Å²) in [4.78, 5) is 56.6. The molecular formula is C25H32FN6O4+. The van der Waals surface area contributed by atoms with Gasteiger partial charge in [0.2, 0.25) is 11.8 Å². The third-order valence-corrected chi connectivity index (χ3v) is 6.37. The van der Waals surface area contributed by atoms with Gasteiger partial charge in [0, 0.05) is 37.0 Å². The number of rotatable bonds is 9. The third kappa shape index (κ3) is 6.85. The number of benzene rings is 1. The molecule has 10 nitrogen and oxygen atoms in total. The van der Waals surface area contributed by atoms with E-state index in [1.54, 1.807) is 31.4 Å². The predicted octanol–water partition coefficient (Wildman–Crippen LogP) is -0.895. The van der Waals surface area contributed by atoms with Gasteiger partial charge < -0.3 is 26.6 Å². The first kappa shape index (κ1) is 26.7. The lowest BCUT2D eigenvalue weighted by atomic mass is 9.94. The molecule has 0 unspecified atom stereocenters. The number of primary amides is 1. The zero-order chi connectivity index (χ0) is 26.2. The van der Waals surface area contributed by atoms with Gasteiger partial charge in [0.25, 0.3) is 11.8 Å². The summed E-state index contributed by atoms with van der Waals surface area (Å²) in [5.74, 6) is -2.23. The number of likely N-dealkylation sites (tertiary alicyclic amines) is 1. The molecule has 2 heterocycles. The van der Waals surface area contributed by atoms with Crippen LogP contribution in [0.3, 0.4) is 0 Å². The minimum Gasteiger partial charge on any atom is -0.368 e. The van der Waals surface area contributed by atoms with Gasteiger partial charge in [-0.25, -0.2) is 4.39 Å². The second-order valence-electron chi connectivity index (χ2n) is 8.89. The van der Waals surface area contributed by atoms with Gasteiger partial charge in [0.05, 0.1) is 7.05 Å². The number of halogens is 1. The summed E-state index contributed by atoms with van der Waals surface area (Å²) in [6, 6.07) is 5.98. The van der Waals surface area contributed by atoms with Gasteiger partial charge in [-0.1, -0.05) is 12.1 Å². The Kier molecular flexibility index (Phi) is 9.07. The molecule has 192 valence electrons. The van der Waals surface area contributed by atoms with Crippen molar-refractivity contribution in [3.05, 3.63) is 65.7 Å². The van der Waals surface area contributed by atoms with Crippen LogP contribution in [0.25, 0.3) is 0 Å². The molecule has 0 radical (unpaired) electrons. The topological polar surface area (TPSA) is 151 Å². The van der Waals surface area contributed by atoms with Crippen LogP contribution in [0.15, 0.2) is 48.8 Å². The van der Waals surface area contributed by atoms with Crippen molar-refractivity contribution in [2.75, 3.05) is 13.6 Å². The molecule has 1 aliphatic rings. The zero-order valence-electron chi connectivity index (χ0n) is 20.3. The number of carbonyl (C=O) groups excluding carboxylic acids is 4. The fourth-order valence-electron chi connectivity index (χ4n) is 4.13. The highest BCUT2D eigenvalue weighted by molar-refractivity contribution is 5.95. The van der Waals surface area contributed by atoms with Gasteiger partial charge in [-0.3, -0.25) is 24.2 Å². The number of hydrogen-bond acceptors (Lipinski definition) is 5. The van der Waals surface area contributed by atoms with Crippen molar-refractivity contribution in [2.45, 2.75) is 50.4 Å². The molecule has 0 spiro atoms. The normalized spacial score (nSPS) is 19.1. The lowest BCUT2D eigenvalue weighted by molar-refractivity contribution is -0.647.